The molecule has 2 aromatic rings. The van der Waals surface area contributed by atoms with Crippen molar-refractivity contribution in [2.45, 2.75) is 6.54 Å². The first-order valence-electron chi connectivity index (χ1n) is 5.94. The Morgan fingerprint density at radius 2 is 2.10 bits per heavy atom. The summed E-state index contributed by atoms with van der Waals surface area (Å²) in [7, 11) is 0. The van der Waals surface area contributed by atoms with Crippen LogP contribution in [0.1, 0.15) is 26.5 Å². The average molecular weight is 350 g/mol. The van der Waals surface area contributed by atoms with Crippen molar-refractivity contribution in [3.8, 4) is 0 Å². The Morgan fingerprint density at radius 1 is 1.33 bits per heavy atom. The van der Waals surface area contributed by atoms with Crippen LogP contribution in [0.5, 0.6) is 0 Å². The van der Waals surface area contributed by atoms with Crippen LogP contribution in [0.4, 0.5) is 5.69 Å². The molecule has 0 fully saturated rings. The van der Waals surface area contributed by atoms with E-state index < -0.39 is 17.7 Å². The monoisotopic (exact) mass is 349 g/mol. The van der Waals surface area contributed by atoms with Crippen molar-refractivity contribution < 1.29 is 23.9 Å². The molecule has 1 aromatic carbocycles. The number of hydrogen-bond acceptors (Lipinski definition) is 4. The first-order chi connectivity index (χ1) is 9.99. The van der Waals surface area contributed by atoms with E-state index in [0.717, 1.165) is 6.26 Å². The van der Waals surface area contributed by atoms with Crippen LogP contribution >= 0.6 is 15.9 Å². The number of hydrogen-bond donors (Lipinski definition) is 1. The second-order valence-electron chi connectivity index (χ2n) is 4.46. The minimum atomic E-state index is -1.11. The fourth-order valence-corrected chi connectivity index (χ4v) is 2.73. The fraction of sp³-hybridized carbons (Fsp3) is 0.0714. The van der Waals surface area contributed by atoms with E-state index in [4.69, 9.17) is 9.52 Å². The molecule has 0 spiro atoms. The number of carbonyl (C=O) groups excluding carboxylic acids is 2. The van der Waals surface area contributed by atoms with E-state index in [9.17, 15) is 14.4 Å². The number of carbonyl (C=O) groups is 3. The zero-order valence-electron chi connectivity index (χ0n) is 10.5. The first-order valence-corrected chi connectivity index (χ1v) is 6.73. The average Bonchev–Trinajstić information content (AvgIpc) is 3.00. The second-order valence-corrected chi connectivity index (χ2v) is 5.32. The highest BCUT2D eigenvalue weighted by molar-refractivity contribution is 9.10. The summed E-state index contributed by atoms with van der Waals surface area (Å²) in [5.74, 6) is -2.08. The van der Waals surface area contributed by atoms with E-state index in [1.165, 1.54) is 11.0 Å². The van der Waals surface area contributed by atoms with Gasteiger partial charge in [0, 0.05) is 4.47 Å². The van der Waals surface area contributed by atoms with Gasteiger partial charge in [-0.3, -0.25) is 14.5 Å². The number of anilines is 1. The van der Waals surface area contributed by atoms with Gasteiger partial charge in [0.25, 0.3) is 11.7 Å². The number of benzene rings is 1. The third-order valence-corrected chi connectivity index (χ3v) is 3.82. The first kappa shape index (κ1) is 13.6. The summed E-state index contributed by atoms with van der Waals surface area (Å²) in [4.78, 5) is 36.1. The van der Waals surface area contributed by atoms with E-state index in [0.29, 0.717) is 21.5 Å². The quantitative estimate of drug-likeness (QED) is 0.860. The number of ketones is 1. The molecule has 1 aliphatic rings. The minimum absolute atomic E-state index is 0.00130. The van der Waals surface area contributed by atoms with Gasteiger partial charge in [0.05, 0.1) is 23.4 Å². The molecule has 3 rings (SSSR count). The van der Waals surface area contributed by atoms with Gasteiger partial charge < -0.3 is 9.52 Å². The van der Waals surface area contributed by atoms with Gasteiger partial charge in [-0.2, -0.15) is 0 Å². The predicted molar refractivity (Wildman–Crippen MR) is 75.3 cm³/mol. The SMILES string of the molecule is O=C(O)c1coc(CN2C(=O)C(=O)c3c(Br)cccc32)c1. The van der Waals surface area contributed by atoms with E-state index in [1.807, 2.05) is 0 Å². The molecule has 0 atom stereocenters. The Labute approximate surface area is 127 Å². The maximum atomic E-state index is 12.1. The molecule has 106 valence electrons. The molecule has 1 aromatic heterocycles. The zero-order chi connectivity index (χ0) is 15.1. The number of Topliss-reactive ketones (excluding diaryl/α,β-unsaturated/α-hetero) is 1. The number of furan rings is 1. The van der Waals surface area contributed by atoms with Crippen LogP contribution in [-0.4, -0.2) is 22.8 Å². The molecule has 2 heterocycles. The highest BCUT2D eigenvalue weighted by atomic mass is 79.9. The molecular formula is C14H8BrNO5. The summed E-state index contributed by atoms with van der Waals surface area (Å²) in [6, 6.07) is 6.38. The maximum absolute atomic E-state index is 12.1. The van der Waals surface area contributed by atoms with Crippen molar-refractivity contribution in [2.75, 3.05) is 4.90 Å². The Bertz CT molecular complexity index is 779. The molecule has 0 radical (unpaired) electrons. The highest BCUT2D eigenvalue weighted by Crippen LogP contribution is 2.35. The van der Waals surface area contributed by atoms with Crippen LogP contribution in [0.25, 0.3) is 0 Å². The number of fused-ring (bicyclic) bond motifs is 1. The predicted octanol–water partition coefficient (Wildman–Crippen LogP) is 2.47. The van der Waals surface area contributed by atoms with Crippen molar-refractivity contribution in [1.82, 2.24) is 0 Å². The lowest BCUT2D eigenvalue weighted by Gasteiger charge is -2.14. The number of carboxylic acids is 1. The molecule has 0 unspecified atom stereocenters. The van der Waals surface area contributed by atoms with E-state index >= 15 is 0 Å². The van der Waals surface area contributed by atoms with Gasteiger partial charge in [0.2, 0.25) is 0 Å². The maximum Gasteiger partial charge on any atom is 0.338 e. The third kappa shape index (κ3) is 2.15. The van der Waals surface area contributed by atoms with Gasteiger partial charge in [-0.05, 0) is 34.1 Å². The molecule has 21 heavy (non-hydrogen) atoms. The Morgan fingerprint density at radius 3 is 2.76 bits per heavy atom. The van der Waals surface area contributed by atoms with Crippen molar-refractivity contribution in [1.29, 1.82) is 0 Å². The van der Waals surface area contributed by atoms with Gasteiger partial charge in [-0.25, -0.2) is 4.79 Å². The van der Waals surface area contributed by atoms with Crippen LogP contribution < -0.4 is 4.90 Å². The standard InChI is InChI=1S/C14H8BrNO5/c15-9-2-1-3-10-11(9)12(17)13(18)16(10)5-8-4-7(6-21-8)14(19)20/h1-4,6H,5H2,(H,19,20). The smallest absolute Gasteiger partial charge is 0.338 e. The number of amides is 1. The summed E-state index contributed by atoms with van der Waals surface area (Å²) in [5, 5.41) is 8.85. The number of carboxylic acid groups (broad SMARTS) is 1. The minimum Gasteiger partial charge on any atom is -0.478 e. The van der Waals surface area contributed by atoms with Crippen molar-refractivity contribution in [2.24, 2.45) is 0 Å². The summed E-state index contributed by atoms with van der Waals surface area (Å²) < 4.78 is 5.67. The van der Waals surface area contributed by atoms with Gasteiger partial charge in [-0.1, -0.05) is 6.07 Å². The van der Waals surface area contributed by atoms with Gasteiger partial charge in [0.15, 0.2) is 0 Å². The molecule has 0 aliphatic carbocycles. The molecule has 6 nitrogen and oxygen atoms in total. The van der Waals surface area contributed by atoms with Gasteiger partial charge in [-0.15, -0.1) is 0 Å². The second kappa shape index (κ2) is 4.85. The number of aromatic carboxylic acids is 1. The van der Waals surface area contributed by atoms with Crippen molar-refractivity contribution in [3.05, 3.63) is 51.9 Å². The summed E-state index contributed by atoms with van der Waals surface area (Å²) in [5.41, 5.74) is 0.789. The lowest BCUT2D eigenvalue weighted by Crippen LogP contribution is -2.28. The third-order valence-electron chi connectivity index (χ3n) is 3.16. The largest absolute Gasteiger partial charge is 0.478 e. The van der Waals surface area contributed by atoms with E-state index in [2.05, 4.69) is 15.9 Å². The molecule has 0 saturated heterocycles. The molecule has 1 N–H and O–H groups in total. The normalized spacial score (nSPS) is 13.7. The summed E-state index contributed by atoms with van der Waals surface area (Å²) >= 11 is 3.25. The summed E-state index contributed by atoms with van der Waals surface area (Å²) in [6.07, 6.45) is 1.10. The lowest BCUT2D eigenvalue weighted by molar-refractivity contribution is -0.114. The highest BCUT2D eigenvalue weighted by Gasteiger charge is 2.37. The number of rotatable bonds is 3. The van der Waals surface area contributed by atoms with Gasteiger partial charge in [0.1, 0.15) is 12.0 Å². The Kier molecular flexibility index (Phi) is 3.13. The number of halogens is 1. The molecular weight excluding hydrogens is 342 g/mol. The summed E-state index contributed by atoms with van der Waals surface area (Å²) in [6.45, 7) is 0.00130. The lowest BCUT2D eigenvalue weighted by atomic mass is 10.1. The fourth-order valence-electron chi connectivity index (χ4n) is 2.19. The van der Waals surface area contributed by atoms with Crippen LogP contribution in [0.3, 0.4) is 0 Å². The van der Waals surface area contributed by atoms with Gasteiger partial charge >= 0.3 is 5.97 Å². The van der Waals surface area contributed by atoms with E-state index in [-0.39, 0.29) is 12.1 Å². The van der Waals surface area contributed by atoms with Crippen molar-refractivity contribution in [3.63, 3.8) is 0 Å². The van der Waals surface area contributed by atoms with Crippen LogP contribution in [0.15, 0.2) is 39.4 Å². The van der Waals surface area contributed by atoms with Crippen LogP contribution in [0.2, 0.25) is 0 Å². The van der Waals surface area contributed by atoms with Crippen LogP contribution in [0, 0.1) is 0 Å². The molecule has 7 heteroatoms. The topological polar surface area (TPSA) is 87.8 Å². The molecule has 1 amide bonds. The molecule has 0 saturated carbocycles. The van der Waals surface area contributed by atoms with Crippen LogP contribution in [-0.2, 0) is 11.3 Å². The Hall–Kier alpha value is -2.41. The molecule has 1 aliphatic heterocycles. The molecule has 0 bridgehead atoms. The Balaban J connectivity index is 1.96. The van der Waals surface area contributed by atoms with Crippen molar-refractivity contribution >= 4 is 39.3 Å². The van der Waals surface area contributed by atoms with E-state index in [1.54, 1.807) is 18.2 Å². The number of nitrogens with zero attached hydrogens (tertiary/aromatic N) is 1. The zero-order valence-corrected chi connectivity index (χ0v) is 12.1.